The molecule has 0 radical (unpaired) electrons. The summed E-state index contributed by atoms with van der Waals surface area (Å²) < 4.78 is 6.41. The second-order valence-corrected chi connectivity index (χ2v) is 6.36. The maximum Gasteiger partial charge on any atom is 0.237 e. The first kappa shape index (κ1) is 14.3. The Morgan fingerprint density at radius 1 is 1.26 bits per heavy atom. The minimum atomic E-state index is 0.0694. The van der Waals surface area contributed by atoms with Crippen LogP contribution >= 0.6 is 27.5 Å². The van der Waals surface area contributed by atoms with Crippen LogP contribution in [0.4, 0.5) is 0 Å². The first-order chi connectivity index (χ1) is 8.86. The van der Waals surface area contributed by atoms with Crippen LogP contribution in [0.25, 0.3) is 0 Å². The first-order valence-corrected chi connectivity index (χ1v) is 7.00. The molecule has 0 N–H and O–H groups in total. The van der Waals surface area contributed by atoms with Gasteiger partial charge in [-0.3, -0.25) is 0 Å². The summed E-state index contributed by atoms with van der Waals surface area (Å²) in [5.41, 5.74) is 1.26. The third-order valence-electron chi connectivity index (χ3n) is 2.60. The Kier molecular flexibility index (Phi) is 4.11. The number of hydrogen-bond acceptors (Lipinski definition) is 3. The fourth-order valence-corrected chi connectivity index (χ4v) is 1.94. The molecule has 0 aliphatic heterocycles. The van der Waals surface area contributed by atoms with Gasteiger partial charge in [0.25, 0.3) is 0 Å². The molecule has 0 amide bonds. The summed E-state index contributed by atoms with van der Waals surface area (Å²) in [6, 6.07) is 7.93. The van der Waals surface area contributed by atoms with E-state index in [9.17, 15) is 0 Å². The molecule has 0 atom stereocenters. The Morgan fingerprint density at radius 3 is 2.68 bits per heavy atom. The predicted octanol–water partition coefficient (Wildman–Crippen LogP) is 4.98. The van der Waals surface area contributed by atoms with Crippen LogP contribution in [0.2, 0.25) is 5.28 Å². The minimum absolute atomic E-state index is 0.0694. The van der Waals surface area contributed by atoms with Gasteiger partial charge in [0.1, 0.15) is 5.75 Å². The molecular weight excluding hydrogens is 328 g/mol. The topological polar surface area (TPSA) is 35.0 Å². The molecule has 0 unspecified atom stereocenters. The number of rotatable bonds is 2. The van der Waals surface area contributed by atoms with Crippen molar-refractivity contribution in [2.45, 2.75) is 26.2 Å². The SMILES string of the molecule is CC(C)(C)c1cccc(Oc2nc(Cl)ncc2Br)c1. The average molecular weight is 342 g/mol. The zero-order valence-corrected chi connectivity index (χ0v) is 13.3. The maximum atomic E-state index is 5.76. The second-order valence-electron chi connectivity index (χ2n) is 5.17. The van der Waals surface area contributed by atoms with E-state index in [1.807, 2.05) is 18.2 Å². The van der Waals surface area contributed by atoms with Crippen molar-refractivity contribution in [1.82, 2.24) is 9.97 Å². The van der Waals surface area contributed by atoms with Crippen LogP contribution in [-0.2, 0) is 5.41 Å². The van der Waals surface area contributed by atoms with Gasteiger partial charge in [0, 0.05) is 6.20 Å². The number of ether oxygens (including phenoxy) is 1. The Morgan fingerprint density at radius 2 is 2.00 bits per heavy atom. The van der Waals surface area contributed by atoms with Gasteiger partial charge < -0.3 is 4.74 Å². The van der Waals surface area contributed by atoms with Gasteiger partial charge in [0.05, 0.1) is 4.47 Å². The Labute approximate surface area is 126 Å². The maximum absolute atomic E-state index is 5.76. The molecule has 1 heterocycles. The van der Waals surface area contributed by atoms with Gasteiger partial charge in [-0.2, -0.15) is 4.98 Å². The molecule has 19 heavy (non-hydrogen) atoms. The summed E-state index contributed by atoms with van der Waals surface area (Å²) in [6.45, 7) is 6.47. The summed E-state index contributed by atoms with van der Waals surface area (Å²) in [5, 5.41) is 0.158. The lowest BCUT2D eigenvalue weighted by molar-refractivity contribution is 0.455. The Bertz CT molecular complexity index is 596. The molecule has 0 fully saturated rings. The standard InChI is InChI=1S/C14H14BrClN2O/c1-14(2,3)9-5-4-6-10(7-9)19-12-11(15)8-17-13(16)18-12/h4-8H,1-3H3. The van der Waals surface area contributed by atoms with Crippen molar-refractivity contribution in [1.29, 1.82) is 0 Å². The smallest absolute Gasteiger partial charge is 0.237 e. The third kappa shape index (κ3) is 3.67. The van der Waals surface area contributed by atoms with E-state index in [4.69, 9.17) is 16.3 Å². The molecule has 5 heteroatoms. The monoisotopic (exact) mass is 340 g/mol. The molecule has 0 aliphatic carbocycles. The van der Waals surface area contributed by atoms with Gasteiger partial charge in [0.2, 0.25) is 11.2 Å². The Balaban J connectivity index is 2.31. The normalized spacial score (nSPS) is 11.4. The van der Waals surface area contributed by atoms with Gasteiger partial charge >= 0.3 is 0 Å². The van der Waals surface area contributed by atoms with Crippen LogP contribution in [0.15, 0.2) is 34.9 Å². The van der Waals surface area contributed by atoms with Gasteiger partial charge in [-0.05, 0) is 50.6 Å². The van der Waals surface area contributed by atoms with Crippen molar-refractivity contribution in [2.24, 2.45) is 0 Å². The molecule has 1 aromatic carbocycles. The summed E-state index contributed by atoms with van der Waals surface area (Å²) in [7, 11) is 0. The van der Waals surface area contributed by atoms with E-state index in [2.05, 4.69) is 52.7 Å². The van der Waals surface area contributed by atoms with Crippen molar-refractivity contribution < 1.29 is 4.74 Å². The highest BCUT2D eigenvalue weighted by molar-refractivity contribution is 9.10. The average Bonchev–Trinajstić information content (AvgIpc) is 2.33. The molecule has 0 aliphatic rings. The van der Waals surface area contributed by atoms with Crippen molar-refractivity contribution in [2.75, 3.05) is 0 Å². The molecular formula is C14H14BrClN2O. The molecule has 0 saturated carbocycles. The lowest BCUT2D eigenvalue weighted by atomic mass is 9.87. The summed E-state index contributed by atoms with van der Waals surface area (Å²) in [4.78, 5) is 7.91. The van der Waals surface area contributed by atoms with Crippen LogP contribution in [0.1, 0.15) is 26.3 Å². The summed E-state index contributed by atoms with van der Waals surface area (Å²) in [6.07, 6.45) is 1.57. The molecule has 3 nitrogen and oxygen atoms in total. The van der Waals surface area contributed by atoms with Crippen LogP contribution in [0.3, 0.4) is 0 Å². The third-order valence-corrected chi connectivity index (χ3v) is 3.32. The second kappa shape index (κ2) is 5.47. The lowest BCUT2D eigenvalue weighted by Crippen LogP contribution is -2.10. The molecule has 2 rings (SSSR count). The van der Waals surface area contributed by atoms with Crippen LogP contribution in [0.5, 0.6) is 11.6 Å². The van der Waals surface area contributed by atoms with Crippen molar-refractivity contribution in [3.8, 4) is 11.6 Å². The zero-order valence-electron chi connectivity index (χ0n) is 10.9. The van der Waals surface area contributed by atoms with Crippen molar-refractivity contribution in [3.63, 3.8) is 0 Å². The number of aromatic nitrogens is 2. The van der Waals surface area contributed by atoms with Gasteiger partial charge in [0.15, 0.2) is 0 Å². The highest BCUT2D eigenvalue weighted by atomic mass is 79.9. The fourth-order valence-electron chi connectivity index (χ4n) is 1.54. The van der Waals surface area contributed by atoms with Gasteiger partial charge in [-0.15, -0.1) is 0 Å². The highest BCUT2D eigenvalue weighted by Gasteiger charge is 2.15. The van der Waals surface area contributed by atoms with E-state index in [-0.39, 0.29) is 10.7 Å². The van der Waals surface area contributed by atoms with Gasteiger partial charge in [-0.25, -0.2) is 4.98 Å². The molecule has 0 saturated heterocycles. The van der Waals surface area contributed by atoms with Crippen molar-refractivity contribution in [3.05, 3.63) is 45.8 Å². The number of benzene rings is 1. The van der Waals surface area contributed by atoms with E-state index in [1.54, 1.807) is 6.20 Å². The first-order valence-electron chi connectivity index (χ1n) is 5.83. The summed E-state index contributed by atoms with van der Waals surface area (Å²) in [5.74, 6) is 1.13. The van der Waals surface area contributed by atoms with E-state index >= 15 is 0 Å². The summed E-state index contributed by atoms with van der Waals surface area (Å²) >= 11 is 9.10. The van der Waals surface area contributed by atoms with E-state index < -0.39 is 0 Å². The predicted molar refractivity (Wildman–Crippen MR) is 80.0 cm³/mol. The lowest BCUT2D eigenvalue weighted by Gasteiger charge is -2.19. The van der Waals surface area contributed by atoms with Crippen LogP contribution in [-0.4, -0.2) is 9.97 Å². The largest absolute Gasteiger partial charge is 0.438 e. The Hall–Kier alpha value is -1.13. The number of halogens is 2. The molecule has 2 aromatic rings. The molecule has 0 spiro atoms. The molecule has 0 bridgehead atoms. The van der Waals surface area contributed by atoms with Crippen LogP contribution < -0.4 is 4.74 Å². The number of nitrogens with zero attached hydrogens (tertiary/aromatic N) is 2. The molecule has 100 valence electrons. The quantitative estimate of drug-likeness (QED) is 0.722. The minimum Gasteiger partial charge on any atom is -0.438 e. The van der Waals surface area contributed by atoms with Crippen LogP contribution in [0, 0.1) is 0 Å². The number of hydrogen-bond donors (Lipinski definition) is 0. The van der Waals surface area contributed by atoms with E-state index in [1.165, 1.54) is 5.56 Å². The fraction of sp³-hybridized carbons (Fsp3) is 0.286. The zero-order chi connectivity index (χ0) is 14.0. The molecule has 1 aromatic heterocycles. The highest BCUT2D eigenvalue weighted by Crippen LogP contribution is 2.31. The van der Waals surface area contributed by atoms with Crippen molar-refractivity contribution >= 4 is 27.5 Å². The van der Waals surface area contributed by atoms with E-state index in [0.29, 0.717) is 10.4 Å². The van der Waals surface area contributed by atoms with Gasteiger partial charge in [-0.1, -0.05) is 32.9 Å². The van der Waals surface area contributed by atoms with E-state index in [0.717, 1.165) is 5.75 Å².